The quantitative estimate of drug-likeness (QED) is 0.184. The molecule has 0 unspecified atom stereocenters. The van der Waals surface area contributed by atoms with Crippen molar-refractivity contribution in [1.82, 2.24) is 0 Å². The van der Waals surface area contributed by atoms with E-state index in [9.17, 15) is 5.11 Å². The summed E-state index contributed by atoms with van der Waals surface area (Å²) in [6.45, 7) is 19.6. The zero-order valence-corrected chi connectivity index (χ0v) is 23.2. The minimum absolute atomic E-state index is 0.292. The Morgan fingerprint density at radius 3 is 2.00 bits per heavy atom. The van der Waals surface area contributed by atoms with Gasteiger partial charge in [0.05, 0.1) is 0 Å². The maximum atomic E-state index is 11.5. The fraction of sp³-hybridized carbons (Fsp3) is 0.778. The molecule has 1 rings (SSSR count). The van der Waals surface area contributed by atoms with Gasteiger partial charge in [0, 0.05) is 0 Å². The van der Waals surface area contributed by atoms with E-state index >= 15 is 0 Å². The van der Waals surface area contributed by atoms with Crippen LogP contribution >= 0.6 is 0 Å². The molecule has 0 bridgehead atoms. The standard InChI is InChI=1S/C15H23O.3C4H9.Sn/c1-6-8-15(16)10-14(11(3)4)9-13(7-2)12(15)5;3*1-3-4-2;/h2,6-7,12-14,16H,1,3,8-10H2,4-5H3;3*1,3-4H2,2H3;/t12-,13-,14-,15-;;;;/m1..../s1. The van der Waals surface area contributed by atoms with Crippen LogP contribution in [0.1, 0.15) is 92.4 Å². The molecule has 0 amide bonds. The van der Waals surface area contributed by atoms with Crippen LogP contribution in [0.5, 0.6) is 0 Å². The SMILES string of the molecule is C=CC[C@@]1(O)C[C@H](C(=C)C)C[C@@H](/C=[CH]\[Sn]([CH2]CCC)([CH2]CCC)[CH2]CCC)[C@H]1C. The van der Waals surface area contributed by atoms with Gasteiger partial charge in [0.15, 0.2) is 0 Å². The van der Waals surface area contributed by atoms with Gasteiger partial charge in [-0.05, 0) is 0 Å². The van der Waals surface area contributed by atoms with E-state index < -0.39 is 24.0 Å². The Balaban J connectivity index is 3.16. The molecule has 0 aromatic rings. The number of hydrogen-bond acceptors (Lipinski definition) is 1. The van der Waals surface area contributed by atoms with Gasteiger partial charge in [0.2, 0.25) is 0 Å². The van der Waals surface area contributed by atoms with Crippen LogP contribution in [0.2, 0.25) is 13.3 Å². The summed E-state index contributed by atoms with van der Waals surface area (Å²) in [5, 5.41) is 11.5. The Morgan fingerprint density at radius 1 is 1.07 bits per heavy atom. The third kappa shape index (κ3) is 8.20. The first-order valence-corrected chi connectivity index (χ1v) is 20.2. The summed E-state index contributed by atoms with van der Waals surface area (Å²) >= 11 is -2.28. The van der Waals surface area contributed by atoms with Gasteiger partial charge >= 0.3 is 188 Å². The summed E-state index contributed by atoms with van der Waals surface area (Å²) in [4.78, 5) is 0. The molecule has 1 nitrogen and oxygen atoms in total. The zero-order chi connectivity index (χ0) is 21.9. The number of unbranched alkanes of at least 4 members (excludes halogenated alkanes) is 3. The van der Waals surface area contributed by atoms with E-state index in [0.717, 1.165) is 12.8 Å². The predicted molar refractivity (Wildman–Crippen MR) is 134 cm³/mol. The summed E-state index contributed by atoms with van der Waals surface area (Å²) in [5.41, 5.74) is 0.600. The molecular weight excluding hydrogens is 459 g/mol. The molecule has 29 heavy (non-hydrogen) atoms. The third-order valence-corrected chi connectivity index (χ3v) is 21.7. The average Bonchev–Trinajstić information content (AvgIpc) is 2.69. The molecule has 1 saturated carbocycles. The van der Waals surface area contributed by atoms with Crippen molar-refractivity contribution in [3.63, 3.8) is 0 Å². The van der Waals surface area contributed by atoms with Crippen molar-refractivity contribution in [2.45, 2.75) is 111 Å². The van der Waals surface area contributed by atoms with Gasteiger partial charge in [-0.15, -0.1) is 0 Å². The van der Waals surface area contributed by atoms with Crippen molar-refractivity contribution >= 4 is 18.4 Å². The molecular formula is C27H50OSn. The van der Waals surface area contributed by atoms with Crippen LogP contribution in [0.4, 0.5) is 0 Å². The van der Waals surface area contributed by atoms with Crippen molar-refractivity contribution < 1.29 is 5.11 Å². The molecule has 1 aliphatic carbocycles. The van der Waals surface area contributed by atoms with Crippen LogP contribution in [-0.2, 0) is 0 Å². The van der Waals surface area contributed by atoms with Gasteiger partial charge in [0.25, 0.3) is 0 Å². The molecule has 0 radical (unpaired) electrons. The first-order valence-electron chi connectivity index (χ1n) is 12.5. The van der Waals surface area contributed by atoms with Gasteiger partial charge in [0.1, 0.15) is 0 Å². The van der Waals surface area contributed by atoms with Crippen molar-refractivity contribution in [3.05, 3.63) is 35.0 Å². The number of hydrogen-bond donors (Lipinski definition) is 1. The van der Waals surface area contributed by atoms with E-state index in [4.69, 9.17) is 0 Å². The van der Waals surface area contributed by atoms with Crippen LogP contribution in [0.15, 0.2) is 35.0 Å². The molecule has 1 fully saturated rings. The Morgan fingerprint density at radius 2 is 1.59 bits per heavy atom. The fourth-order valence-electron chi connectivity index (χ4n) is 5.31. The van der Waals surface area contributed by atoms with Crippen LogP contribution in [0, 0.1) is 17.8 Å². The molecule has 0 aliphatic heterocycles. The summed E-state index contributed by atoms with van der Waals surface area (Å²) in [6, 6.07) is 0. The maximum absolute atomic E-state index is 11.5. The Labute approximate surface area is 187 Å². The minimum atomic E-state index is -2.28. The number of aliphatic hydroxyl groups is 1. The molecule has 168 valence electrons. The molecule has 0 spiro atoms. The summed E-state index contributed by atoms with van der Waals surface area (Å²) in [6.07, 6.45) is 15.4. The second kappa shape index (κ2) is 13.4. The van der Waals surface area contributed by atoms with Crippen LogP contribution in [0.3, 0.4) is 0 Å². The van der Waals surface area contributed by atoms with Crippen LogP contribution < -0.4 is 0 Å². The molecule has 0 heterocycles. The van der Waals surface area contributed by atoms with Crippen LogP contribution in [-0.4, -0.2) is 29.1 Å². The Bertz CT molecular complexity index is 501. The van der Waals surface area contributed by atoms with E-state index in [1.54, 1.807) is 0 Å². The predicted octanol–water partition coefficient (Wildman–Crippen LogP) is 8.48. The van der Waals surface area contributed by atoms with Crippen LogP contribution in [0.25, 0.3) is 0 Å². The molecule has 0 saturated heterocycles. The van der Waals surface area contributed by atoms with Crippen molar-refractivity contribution in [3.8, 4) is 0 Å². The average molecular weight is 509 g/mol. The molecule has 0 aromatic heterocycles. The Kier molecular flexibility index (Phi) is 12.5. The van der Waals surface area contributed by atoms with E-state index in [1.807, 2.05) is 6.08 Å². The molecule has 0 aromatic carbocycles. The third-order valence-electron chi connectivity index (χ3n) is 7.62. The molecule has 1 N–H and O–H groups in total. The van der Waals surface area contributed by atoms with E-state index in [0.29, 0.717) is 24.2 Å². The Hall–Kier alpha value is -0.0213. The topological polar surface area (TPSA) is 20.2 Å². The summed E-state index contributed by atoms with van der Waals surface area (Å²) in [7, 11) is 0. The summed E-state index contributed by atoms with van der Waals surface area (Å²) < 4.78 is 7.36. The second-order valence-electron chi connectivity index (χ2n) is 10.1. The molecule has 2 heteroatoms. The van der Waals surface area contributed by atoms with E-state index in [-0.39, 0.29) is 0 Å². The van der Waals surface area contributed by atoms with E-state index in [1.165, 1.54) is 57.4 Å². The normalized spacial score (nSPS) is 28.0. The first-order chi connectivity index (χ1) is 13.8. The number of allylic oxidation sites excluding steroid dienone is 2. The molecule has 1 aliphatic rings. The van der Waals surface area contributed by atoms with Gasteiger partial charge in [-0.3, -0.25) is 0 Å². The van der Waals surface area contributed by atoms with Crippen molar-refractivity contribution in [2.75, 3.05) is 0 Å². The van der Waals surface area contributed by atoms with Crippen molar-refractivity contribution in [1.29, 1.82) is 0 Å². The fourth-order valence-corrected chi connectivity index (χ4v) is 19.8. The van der Waals surface area contributed by atoms with Crippen molar-refractivity contribution in [2.24, 2.45) is 17.8 Å². The molecule has 4 atom stereocenters. The number of rotatable bonds is 14. The van der Waals surface area contributed by atoms with Gasteiger partial charge in [-0.25, -0.2) is 0 Å². The van der Waals surface area contributed by atoms with Gasteiger partial charge in [-0.1, -0.05) is 0 Å². The first kappa shape index (κ1) is 27.0. The monoisotopic (exact) mass is 510 g/mol. The summed E-state index contributed by atoms with van der Waals surface area (Å²) in [5.74, 6) is 1.19. The van der Waals surface area contributed by atoms with E-state index in [2.05, 4.69) is 57.9 Å². The van der Waals surface area contributed by atoms with Gasteiger partial charge < -0.3 is 0 Å². The van der Waals surface area contributed by atoms with Gasteiger partial charge in [-0.2, -0.15) is 0 Å². The second-order valence-corrected chi connectivity index (χ2v) is 23.1. The zero-order valence-electron chi connectivity index (χ0n) is 20.3.